The average molecular weight is 398 g/mol. The Kier molecular flexibility index (Phi) is 7.12. The molecule has 1 amide bonds. The van der Waals surface area contributed by atoms with Crippen molar-refractivity contribution in [3.63, 3.8) is 0 Å². The van der Waals surface area contributed by atoms with Gasteiger partial charge in [-0.2, -0.15) is 5.48 Å². The van der Waals surface area contributed by atoms with Gasteiger partial charge in [-0.25, -0.2) is 4.99 Å². The molecule has 0 heterocycles. The number of hydrogen-bond donors (Lipinski definition) is 2. The van der Waals surface area contributed by atoms with Crippen molar-refractivity contribution in [3.05, 3.63) is 64.7 Å². The molecular formula is C22H27N3O2S. The van der Waals surface area contributed by atoms with Gasteiger partial charge in [0.1, 0.15) is 0 Å². The molecule has 0 saturated heterocycles. The molecule has 0 radical (unpaired) electrons. The highest BCUT2D eigenvalue weighted by Gasteiger charge is 2.21. The molecule has 5 nitrogen and oxygen atoms in total. The van der Waals surface area contributed by atoms with Crippen LogP contribution in [0.25, 0.3) is 0 Å². The van der Waals surface area contributed by atoms with Gasteiger partial charge in [-0.3, -0.25) is 4.79 Å². The summed E-state index contributed by atoms with van der Waals surface area (Å²) in [6.07, 6.45) is 3.78. The lowest BCUT2D eigenvalue weighted by molar-refractivity contribution is 0.1000. The number of hydroxylamine groups is 1. The van der Waals surface area contributed by atoms with Gasteiger partial charge < -0.3 is 10.6 Å². The standard InChI is InChI=1S/C22H27N3O2S/c1-3-17-12-16(6-11-20(17)28-14-15-4-5-15)13-25-22(27-24-2)19-9-7-18(8-10-19)21(23)26/h6-12,15,24H,3-5,13-14H2,1-2H3,(H2,23,26). The van der Waals surface area contributed by atoms with E-state index in [1.807, 2.05) is 11.8 Å². The molecule has 1 saturated carbocycles. The van der Waals surface area contributed by atoms with E-state index in [0.29, 0.717) is 18.0 Å². The molecule has 1 aliphatic carbocycles. The van der Waals surface area contributed by atoms with Gasteiger partial charge in [0.2, 0.25) is 11.8 Å². The maximum absolute atomic E-state index is 11.2. The third kappa shape index (κ3) is 5.59. The number of aryl methyl sites for hydroxylation is 1. The van der Waals surface area contributed by atoms with Crippen LogP contribution in [0.3, 0.4) is 0 Å². The van der Waals surface area contributed by atoms with E-state index in [1.165, 1.54) is 29.1 Å². The quantitative estimate of drug-likeness (QED) is 0.291. The van der Waals surface area contributed by atoms with Gasteiger partial charge in [0.15, 0.2) is 0 Å². The highest BCUT2D eigenvalue weighted by molar-refractivity contribution is 7.99. The van der Waals surface area contributed by atoms with Crippen molar-refractivity contribution >= 4 is 23.6 Å². The van der Waals surface area contributed by atoms with E-state index in [-0.39, 0.29) is 0 Å². The summed E-state index contributed by atoms with van der Waals surface area (Å²) in [7, 11) is 1.69. The fourth-order valence-corrected chi connectivity index (χ4v) is 4.16. The highest BCUT2D eigenvalue weighted by atomic mass is 32.2. The molecule has 0 aromatic heterocycles. The second kappa shape index (κ2) is 9.75. The fourth-order valence-electron chi connectivity index (χ4n) is 2.86. The molecule has 148 valence electrons. The molecular weight excluding hydrogens is 370 g/mol. The van der Waals surface area contributed by atoms with Crippen LogP contribution in [0.15, 0.2) is 52.4 Å². The zero-order valence-electron chi connectivity index (χ0n) is 16.4. The normalized spacial score (nSPS) is 14.1. The molecule has 0 unspecified atom stereocenters. The highest BCUT2D eigenvalue weighted by Crippen LogP contribution is 2.36. The first-order valence-corrected chi connectivity index (χ1v) is 10.6. The van der Waals surface area contributed by atoms with Gasteiger partial charge in [-0.1, -0.05) is 19.1 Å². The van der Waals surface area contributed by atoms with Crippen LogP contribution in [0.5, 0.6) is 0 Å². The number of aliphatic imine (C=N–C) groups is 1. The molecule has 6 heteroatoms. The smallest absolute Gasteiger partial charge is 0.248 e. The van der Waals surface area contributed by atoms with Gasteiger partial charge >= 0.3 is 0 Å². The van der Waals surface area contributed by atoms with Crippen LogP contribution in [0.4, 0.5) is 0 Å². The van der Waals surface area contributed by atoms with Crippen molar-refractivity contribution in [2.75, 3.05) is 12.8 Å². The summed E-state index contributed by atoms with van der Waals surface area (Å²) in [5.41, 5.74) is 11.7. The zero-order valence-corrected chi connectivity index (χ0v) is 17.2. The Bertz CT molecular complexity index is 845. The van der Waals surface area contributed by atoms with Crippen LogP contribution >= 0.6 is 11.8 Å². The first-order chi connectivity index (χ1) is 13.6. The number of rotatable bonds is 9. The number of amides is 1. The monoisotopic (exact) mass is 397 g/mol. The number of thioether (sulfide) groups is 1. The molecule has 1 aliphatic rings. The van der Waals surface area contributed by atoms with E-state index in [0.717, 1.165) is 23.5 Å². The van der Waals surface area contributed by atoms with Crippen LogP contribution in [-0.4, -0.2) is 24.6 Å². The van der Waals surface area contributed by atoms with Crippen LogP contribution in [0.1, 0.15) is 46.8 Å². The van der Waals surface area contributed by atoms with Crippen molar-refractivity contribution in [3.8, 4) is 0 Å². The maximum atomic E-state index is 11.2. The van der Waals surface area contributed by atoms with Gasteiger partial charge in [0.05, 0.1) is 6.54 Å². The van der Waals surface area contributed by atoms with Gasteiger partial charge in [0.25, 0.3) is 0 Å². The summed E-state index contributed by atoms with van der Waals surface area (Å²) in [4.78, 5) is 22.7. The predicted molar refractivity (Wildman–Crippen MR) is 115 cm³/mol. The number of nitrogens with two attached hydrogens (primary N) is 1. The number of carbonyl (C=O) groups is 1. The topological polar surface area (TPSA) is 76.7 Å². The lowest BCUT2D eigenvalue weighted by Gasteiger charge is -2.11. The molecule has 3 N–H and O–H groups in total. The Labute approximate surface area is 170 Å². The first-order valence-electron chi connectivity index (χ1n) is 9.63. The Balaban J connectivity index is 1.73. The van der Waals surface area contributed by atoms with Gasteiger partial charge in [-0.05, 0) is 66.6 Å². The second-order valence-electron chi connectivity index (χ2n) is 6.92. The fraction of sp³-hybridized carbons (Fsp3) is 0.364. The number of nitrogens with zero attached hydrogens (tertiary/aromatic N) is 1. The van der Waals surface area contributed by atoms with Gasteiger partial charge in [-0.15, -0.1) is 11.8 Å². The molecule has 1 fully saturated rings. The summed E-state index contributed by atoms with van der Waals surface area (Å²) in [5, 5.41) is 0. The third-order valence-corrected chi connectivity index (χ3v) is 6.04. The van der Waals surface area contributed by atoms with E-state index in [4.69, 9.17) is 10.6 Å². The summed E-state index contributed by atoms with van der Waals surface area (Å²) in [5.74, 6) is 2.17. The minimum absolute atomic E-state index is 0.452. The number of carbonyl (C=O) groups excluding carboxylic acids is 1. The SMILES string of the molecule is CCc1cc(CN=C(ONC)c2ccc(C(N)=O)cc2)ccc1SCC1CC1. The van der Waals surface area contributed by atoms with Crippen molar-refractivity contribution in [2.45, 2.75) is 37.6 Å². The number of nitrogens with one attached hydrogen (secondary N) is 1. The van der Waals surface area contributed by atoms with E-state index in [1.54, 1.807) is 31.3 Å². The van der Waals surface area contributed by atoms with Crippen LogP contribution in [-0.2, 0) is 17.8 Å². The molecule has 3 rings (SSSR count). The van der Waals surface area contributed by atoms with E-state index in [2.05, 4.69) is 35.6 Å². The molecule has 0 spiro atoms. The minimum Gasteiger partial charge on any atom is -0.388 e. The zero-order chi connectivity index (χ0) is 19.9. The number of primary amides is 1. The molecule has 0 aliphatic heterocycles. The number of hydrogen-bond acceptors (Lipinski definition) is 5. The van der Waals surface area contributed by atoms with Crippen molar-refractivity contribution in [1.82, 2.24) is 5.48 Å². The summed E-state index contributed by atoms with van der Waals surface area (Å²) in [6.45, 7) is 2.72. The Morgan fingerprint density at radius 3 is 2.54 bits per heavy atom. The van der Waals surface area contributed by atoms with E-state index >= 15 is 0 Å². The Morgan fingerprint density at radius 1 is 1.21 bits per heavy atom. The summed E-state index contributed by atoms with van der Waals surface area (Å²) >= 11 is 1.98. The average Bonchev–Trinajstić information content (AvgIpc) is 3.54. The Hall–Kier alpha value is -2.31. The van der Waals surface area contributed by atoms with E-state index in [9.17, 15) is 4.79 Å². The largest absolute Gasteiger partial charge is 0.388 e. The molecule has 0 atom stereocenters. The lowest BCUT2D eigenvalue weighted by Crippen LogP contribution is -2.17. The summed E-state index contributed by atoms with van der Waals surface area (Å²) in [6, 6.07) is 13.5. The minimum atomic E-state index is -0.452. The summed E-state index contributed by atoms with van der Waals surface area (Å²) < 4.78 is 0. The van der Waals surface area contributed by atoms with Gasteiger partial charge in [0, 0.05) is 28.8 Å². The van der Waals surface area contributed by atoms with Crippen molar-refractivity contribution < 1.29 is 9.63 Å². The lowest BCUT2D eigenvalue weighted by atomic mass is 10.1. The predicted octanol–water partition coefficient (Wildman–Crippen LogP) is 3.95. The first kappa shape index (κ1) is 20.4. The molecule has 28 heavy (non-hydrogen) atoms. The Morgan fingerprint density at radius 2 is 1.93 bits per heavy atom. The third-order valence-electron chi connectivity index (χ3n) is 4.70. The van der Waals surface area contributed by atoms with Crippen LogP contribution in [0.2, 0.25) is 0 Å². The second-order valence-corrected chi connectivity index (χ2v) is 7.98. The molecule has 2 aromatic rings. The van der Waals surface area contributed by atoms with E-state index < -0.39 is 5.91 Å². The molecule has 2 aromatic carbocycles. The van der Waals surface area contributed by atoms with Crippen molar-refractivity contribution in [1.29, 1.82) is 0 Å². The van der Waals surface area contributed by atoms with Crippen LogP contribution < -0.4 is 11.2 Å². The van der Waals surface area contributed by atoms with Crippen molar-refractivity contribution in [2.24, 2.45) is 16.6 Å². The maximum Gasteiger partial charge on any atom is 0.248 e. The number of benzene rings is 2. The molecule has 0 bridgehead atoms. The van der Waals surface area contributed by atoms with Crippen LogP contribution in [0, 0.1) is 5.92 Å².